The number of nitrogen functional groups attached to an aromatic ring is 1. The number of hydrogen-bond acceptors (Lipinski definition) is 4. The Morgan fingerprint density at radius 2 is 1.80 bits per heavy atom. The molecule has 0 atom stereocenters. The van der Waals surface area contributed by atoms with Gasteiger partial charge in [0.1, 0.15) is 0 Å². The van der Waals surface area contributed by atoms with Gasteiger partial charge in [-0.2, -0.15) is 0 Å². The molecule has 108 valence electrons. The van der Waals surface area contributed by atoms with Crippen LogP contribution in [0.2, 0.25) is 0 Å². The molecule has 0 aliphatic carbocycles. The molecule has 1 aromatic carbocycles. The Bertz CT molecular complexity index is 476. The number of benzene rings is 1. The summed E-state index contributed by atoms with van der Waals surface area (Å²) >= 11 is 0. The van der Waals surface area contributed by atoms with Gasteiger partial charge in [0.2, 0.25) is 0 Å². The molecular formula is C15H20N2O3. The average Bonchev–Trinajstić information content (AvgIpc) is 2.46. The number of anilines is 1. The van der Waals surface area contributed by atoms with E-state index in [9.17, 15) is 14.7 Å². The van der Waals surface area contributed by atoms with Gasteiger partial charge in [0.25, 0.3) is 0 Å². The Morgan fingerprint density at radius 3 is 2.35 bits per heavy atom. The molecule has 1 heterocycles. The van der Waals surface area contributed by atoms with Crippen LogP contribution in [0.15, 0.2) is 24.3 Å². The minimum Gasteiger partial charge on any atom is -0.550 e. The van der Waals surface area contributed by atoms with Gasteiger partial charge in [0, 0.05) is 36.0 Å². The van der Waals surface area contributed by atoms with Crippen LogP contribution in [0, 0.1) is 5.92 Å². The maximum atomic E-state index is 12.0. The SMILES string of the molecule is Nc1ccc(C(=O)CC[NH+]2CCC(C(=O)[O-])CC2)cc1. The second-order valence-corrected chi connectivity index (χ2v) is 5.39. The van der Waals surface area contributed by atoms with E-state index >= 15 is 0 Å². The fourth-order valence-corrected chi connectivity index (χ4v) is 2.62. The molecule has 1 saturated heterocycles. The molecule has 1 fully saturated rings. The summed E-state index contributed by atoms with van der Waals surface area (Å²) in [7, 11) is 0. The molecule has 2 rings (SSSR count). The van der Waals surface area contributed by atoms with Crippen molar-refractivity contribution in [2.75, 3.05) is 25.4 Å². The molecule has 0 aromatic heterocycles. The number of carbonyl (C=O) groups excluding carboxylic acids is 2. The molecule has 1 aliphatic heterocycles. The first-order chi connectivity index (χ1) is 9.56. The molecule has 5 nitrogen and oxygen atoms in total. The number of aliphatic carboxylic acids is 1. The molecule has 5 heteroatoms. The first-order valence-corrected chi connectivity index (χ1v) is 6.99. The normalized spacial score (nSPS) is 22.4. The lowest BCUT2D eigenvalue weighted by Gasteiger charge is -2.29. The highest BCUT2D eigenvalue weighted by atomic mass is 16.4. The largest absolute Gasteiger partial charge is 0.550 e. The van der Waals surface area contributed by atoms with E-state index in [-0.39, 0.29) is 11.7 Å². The number of carboxylic acids is 1. The van der Waals surface area contributed by atoms with E-state index in [0.717, 1.165) is 19.6 Å². The highest BCUT2D eigenvalue weighted by Crippen LogP contribution is 2.09. The predicted molar refractivity (Wildman–Crippen MR) is 73.1 cm³/mol. The van der Waals surface area contributed by atoms with Crippen LogP contribution in [0.3, 0.4) is 0 Å². The number of likely N-dealkylation sites (tertiary alicyclic amines) is 1. The van der Waals surface area contributed by atoms with Crippen LogP contribution in [-0.2, 0) is 4.79 Å². The van der Waals surface area contributed by atoms with Crippen LogP contribution in [-0.4, -0.2) is 31.4 Å². The van der Waals surface area contributed by atoms with Crippen molar-refractivity contribution >= 4 is 17.4 Å². The number of ketones is 1. The Morgan fingerprint density at radius 1 is 1.20 bits per heavy atom. The minimum atomic E-state index is -0.943. The average molecular weight is 276 g/mol. The molecule has 3 N–H and O–H groups in total. The van der Waals surface area contributed by atoms with Crippen molar-refractivity contribution in [3.63, 3.8) is 0 Å². The van der Waals surface area contributed by atoms with Crippen LogP contribution >= 0.6 is 0 Å². The van der Waals surface area contributed by atoms with Crippen LogP contribution in [0.4, 0.5) is 5.69 Å². The van der Waals surface area contributed by atoms with E-state index in [1.54, 1.807) is 24.3 Å². The third-order valence-electron chi connectivity index (χ3n) is 3.96. The zero-order chi connectivity index (χ0) is 14.5. The minimum absolute atomic E-state index is 0.111. The highest BCUT2D eigenvalue weighted by Gasteiger charge is 2.23. The standard InChI is InChI=1S/C15H20N2O3/c16-13-3-1-11(2-4-13)14(18)7-10-17-8-5-12(6-9-17)15(19)20/h1-4,12H,5-10,16H2,(H,19,20). The van der Waals surface area contributed by atoms with Gasteiger partial charge in [-0.3, -0.25) is 4.79 Å². The Kier molecular flexibility index (Phi) is 4.74. The number of carbonyl (C=O) groups is 2. The number of quaternary nitrogens is 1. The second kappa shape index (κ2) is 6.52. The number of hydrogen-bond donors (Lipinski definition) is 2. The molecule has 0 bridgehead atoms. The molecule has 0 radical (unpaired) electrons. The van der Waals surface area contributed by atoms with E-state index in [1.807, 2.05) is 0 Å². The van der Waals surface area contributed by atoms with E-state index in [4.69, 9.17) is 5.73 Å². The second-order valence-electron chi connectivity index (χ2n) is 5.39. The van der Waals surface area contributed by atoms with Gasteiger partial charge in [-0.05, 0) is 24.3 Å². The lowest BCUT2D eigenvalue weighted by molar-refractivity contribution is -0.905. The van der Waals surface area contributed by atoms with Gasteiger partial charge in [-0.15, -0.1) is 0 Å². The van der Waals surface area contributed by atoms with Gasteiger partial charge in [0.05, 0.1) is 26.1 Å². The lowest BCUT2D eigenvalue weighted by atomic mass is 9.97. The van der Waals surface area contributed by atoms with E-state index in [2.05, 4.69) is 0 Å². The van der Waals surface area contributed by atoms with Gasteiger partial charge in [-0.1, -0.05) is 0 Å². The molecule has 0 amide bonds. The number of carboxylic acid groups (broad SMARTS) is 1. The molecular weight excluding hydrogens is 256 g/mol. The fourth-order valence-electron chi connectivity index (χ4n) is 2.62. The quantitative estimate of drug-likeness (QED) is 0.527. The monoisotopic (exact) mass is 276 g/mol. The van der Waals surface area contributed by atoms with Crippen molar-refractivity contribution < 1.29 is 19.6 Å². The summed E-state index contributed by atoms with van der Waals surface area (Å²) < 4.78 is 0. The molecule has 0 unspecified atom stereocenters. The summed E-state index contributed by atoms with van der Waals surface area (Å²) in [6, 6.07) is 6.95. The summed E-state index contributed by atoms with van der Waals surface area (Å²) in [6.07, 6.45) is 1.77. The lowest BCUT2D eigenvalue weighted by Crippen LogP contribution is -3.13. The maximum absolute atomic E-state index is 12.0. The van der Waals surface area contributed by atoms with Crippen molar-refractivity contribution in [2.24, 2.45) is 5.92 Å². The van der Waals surface area contributed by atoms with Crippen molar-refractivity contribution in [1.29, 1.82) is 0 Å². The fraction of sp³-hybridized carbons (Fsp3) is 0.467. The number of rotatable bonds is 5. The van der Waals surface area contributed by atoms with E-state index in [0.29, 0.717) is 30.5 Å². The topological polar surface area (TPSA) is 87.7 Å². The smallest absolute Gasteiger partial charge is 0.168 e. The van der Waals surface area contributed by atoms with Gasteiger partial charge >= 0.3 is 0 Å². The van der Waals surface area contributed by atoms with Crippen LogP contribution in [0.5, 0.6) is 0 Å². The van der Waals surface area contributed by atoms with Crippen molar-refractivity contribution in [3.8, 4) is 0 Å². The predicted octanol–water partition coefficient (Wildman–Crippen LogP) is -1.11. The van der Waals surface area contributed by atoms with Crippen molar-refractivity contribution in [2.45, 2.75) is 19.3 Å². The first-order valence-electron chi connectivity index (χ1n) is 6.99. The molecule has 0 spiro atoms. The number of nitrogens with one attached hydrogen (secondary N) is 1. The zero-order valence-electron chi connectivity index (χ0n) is 11.4. The molecule has 1 aliphatic rings. The van der Waals surface area contributed by atoms with E-state index < -0.39 is 5.97 Å². The van der Waals surface area contributed by atoms with Gasteiger partial charge < -0.3 is 20.5 Å². The van der Waals surface area contributed by atoms with Gasteiger partial charge in [0.15, 0.2) is 5.78 Å². The Balaban J connectivity index is 1.77. The highest BCUT2D eigenvalue weighted by molar-refractivity contribution is 5.96. The molecule has 1 aromatic rings. The van der Waals surface area contributed by atoms with Gasteiger partial charge in [-0.25, -0.2) is 0 Å². The third-order valence-corrected chi connectivity index (χ3v) is 3.96. The number of piperidine rings is 1. The Hall–Kier alpha value is -1.88. The van der Waals surface area contributed by atoms with Crippen LogP contribution in [0.1, 0.15) is 29.6 Å². The summed E-state index contributed by atoms with van der Waals surface area (Å²) in [5.41, 5.74) is 6.92. The molecule has 0 saturated carbocycles. The van der Waals surface area contributed by atoms with E-state index in [1.165, 1.54) is 4.90 Å². The summed E-state index contributed by atoms with van der Waals surface area (Å²) in [5.74, 6) is -1.15. The number of Topliss-reactive ketones (excluding diaryl/α,β-unsaturated/α-hetero) is 1. The van der Waals surface area contributed by atoms with Crippen LogP contribution < -0.4 is 15.7 Å². The molecule has 20 heavy (non-hydrogen) atoms. The third kappa shape index (κ3) is 3.81. The first kappa shape index (κ1) is 14.5. The van der Waals surface area contributed by atoms with Crippen LogP contribution in [0.25, 0.3) is 0 Å². The summed E-state index contributed by atoms with van der Waals surface area (Å²) in [6.45, 7) is 2.35. The number of nitrogens with two attached hydrogens (primary N) is 1. The van der Waals surface area contributed by atoms with Crippen molar-refractivity contribution in [3.05, 3.63) is 29.8 Å². The Labute approximate surface area is 118 Å². The summed E-state index contributed by atoms with van der Waals surface area (Å²) in [4.78, 5) is 24.1. The summed E-state index contributed by atoms with van der Waals surface area (Å²) in [5, 5.41) is 10.8. The maximum Gasteiger partial charge on any atom is 0.168 e. The van der Waals surface area contributed by atoms with Crippen molar-refractivity contribution in [1.82, 2.24) is 0 Å². The zero-order valence-corrected chi connectivity index (χ0v) is 11.4.